The lowest BCUT2D eigenvalue weighted by atomic mass is 10.4. The number of nitrogens with zero attached hydrogens (tertiary/aromatic N) is 2. The summed E-state index contributed by atoms with van der Waals surface area (Å²) < 4.78 is 33.9. The highest BCUT2D eigenvalue weighted by molar-refractivity contribution is 7.89. The zero-order valence-corrected chi connectivity index (χ0v) is 12.2. The molecule has 0 spiro atoms. The number of fused-ring (bicyclic) bond motifs is 1. The fourth-order valence-electron chi connectivity index (χ4n) is 1.90. The number of nitrogens with two attached hydrogens (primary N) is 1. The van der Waals surface area contributed by atoms with E-state index in [0.717, 1.165) is 0 Å². The SMILES string of the molecule is CCOC(C)CNS(=O)(=O)c1c(N)nc2ccccn12. The van der Waals surface area contributed by atoms with Crippen LogP contribution in [0.25, 0.3) is 5.65 Å². The molecule has 0 aliphatic carbocycles. The normalized spacial score (nSPS) is 13.7. The van der Waals surface area contributed by atoms with Crippen LogP contribution in [0.3, 0.4) is 0 Å². The molecule has 0 aliphatic heterocycles. The second kappa shape index (κ2) is 5.78. The van der Waals surface area contributed by atoms with Crippen LogP contribution in [0, 0.1) is 0 Å². The summed E-state index contributed by atoms with van der Waals surface area (Å²) in [5.41, 5.74) is 6.21. The molecule has 2 aromatic heterocycles. The Morgan fingerprint density at radius 2 is 2.25 bits per heavy atom. The summed E-state index contributed by atoms with van der Waals surface area (Å²) in [7, 11) is -3.74. The average Bonchev–Trinajstić information content (AvgIpc) is 2.73. The molecule has 8 heteroatoms. The van der Waals surface area contributed by atoms with Crippen LogP contribution < -0.4 is 10.5 Å². The predicted octanol–water partition coefficient (Wildman–Crippen LogP) is 0.620. The number of rotatable bonds is 6. The summed E-state index contributed by atoms with van der Waals surface area (Å²) in [4.78, 5) is 4.03. The van der Waals surface area contributed by atoms with E-state index < -0.39 is 10.0 Å². The Bertz CT molecular complexity index is 696. The fraction of sp³-hybridized carbons (Fsp3) is 0.417. The van der Waals surface area contributed by atoms with Crippen LogP contribution in [0.1, 0.15) is 13.8 Å². The summed E-state index contributed by atoms with van der Waals surface area (Å²) in [6.45, 7) is 4.35. The molecule has 2 aromatic rings. The highest BCUT2D eigenvalue weighted by Crippen LogP contribution is 2.19. The largest absolute Gasteiger partial charge is 0.381 e. The van der Waals surface area contributed by atoms with Gasteiger partial charge in [-0.25, -0.2) is 18.1 Å². The first-order chi connectivity index (χ1) is 9.45. The number of hydrogen-bond donors (Lipinski definition) is 2. The van der Waals surface area contributed by atoms with E-state index >= 15 is 0 Å². The molecule has 1 atom stereocenters. The molecule has 0 bridgehead atoms. The maximum absolute atomic E-state index is 12.3. The third kappa shape index (κ3) is 2.92. The van der Waals surface area contributed by atoms with Crippen molar-refractivity contribution in [3.05, 3.63) is 24.4 Å². The van der Waals surface area contributed by atoms with Crippen LogP contribution in [0.2, 0.25) is 0 Å². The standard InChI is InChI=1S/C12H18N4O3S/c1-3-19-9(2)8-14-20(17,18)12-11(13)15-10-6-4-5-7-16(10)12/h4-7,9,14H,3,8,13H2,1-2H3. The zero-order valence-electron chi connectivity index (χ0n) is 11.4. The number of ether oxygens (including phenoxy) is 1. The van der Waals surface area contributed by atoms with Gasteiger partial charge in [-0.05, 0) is 26.0 Å². The molecule has 1 unspecified atom stereocenters. The summed E-state index contributed by atoms with van der Waals surface area (Å²) >= 11 is 0. The molecule has 7 nitrogen and oxygen atoms in total. The van der Waals surface area contributed by atoms with Crippen LogP contribution in [0.15, 0.2) is 29.4 Å². The van der Waals surface area contributed by atoms with Crippen molar-refractivity contribution in [2.45, 2.75) is 25.0 Å². The van der Waals surface area contributed by atoms with Gasteiger partial charge in [0.15, 0.2) is 10.8 Å². The van der Waals surface area contributed by atoms with Crippen LogP contribution >= 0.6 is 0 Å². The molecule has 3 N–H and O–H groups in total. The number of hydrogen-bond acceptors (Lipinski definition) is 5. The molecule has 0 aliphatic rings. The molecule has 2 rings (SSSR count). The highest BCUT2D eigenvalue weighted by atomic mass is 32.2. The smallest absolute Gasteiger partial charge is 0.260 e. The number of imidazole rings is 1. The van der Waals surface area contributed by atoms with Crippen molar-refractivity contribution in [1.82, 2.24) is 14.1 Å². The predicted molar refractivity (Wildman–Crippen MR) is 75.9 cm³/mol. The quantitative estimate of drug-likeness (QED) is 0.814. The van der Waals surface area contributed by atoms with Crippen molar-refractivity contribution in [3.63, 3.8) is 0 Å². The first kappa shape index (κ1) is 14.8. The Balaban J connectivity index is 2.30. The van der Waals surface area contributed by atoms with Crippen LogP contribution in [-0.2, 0) is 14.8 Å². The average molecular weight is 298 g/mol. The number of anilines is 1. The lowest BCUT2D eigenvalue weighted by molar-refractivity contribution is 0.0799. The molecule has 0 radical (unpaired) electrons. The number of pyridine rings is 1. The maximum Gasteiger partial charge on any atom is 0.260 e. The fourth-order valence-corrected chi connectivity index (χ4v) is 3.22. The van der Waals surface area contributed by atoms with Crippen molar-refractivity contribution in [2.75, 3.05) is 18.9 Å². The molecule has 0 amide bonds. The first-order valence-corrected chi connectivity index (χ1v) is 7.78. The number of aromatic nitrogens is 2. The third-order valence-electron chi connectivity index (χ3n) is 2.78. The minimum absolute atomic E-state index is 0.0206. The molecule has 0 saturated carbocycles. The van der Waals surface area contributed by atoms with Gasteiger partial charge < -0.3 is 10.5 Å². The summed E-state index contributed by atoms with van der Waals surface area (Å²) in [6.07, 6.45) is 1.40. The summed E-state index contributed by atoms with van der Waals surface area (Å²) in [5, 5.41) is -0.0446. The van der Waals surface area contributed by atoms with Gasteiger partial charge >= 0.3 is 0 Å². The van der Waals surface area contributed by atoms with Crippen LogP contribution in [0.5, 0.6) is 0 Å². The van der Waals surface area contributed by atoms with E-state index in [4.69, 9.17) is 10.5 Å². The summed E-state index contributed by atoms with van der Waals surface area (Å²) in [6, 6.07) is 5.18. The van der Waals surface area contributed by atoms with E-state index in [1.54, 1.807) is 31.3 Å². The van der Waals surface area contributed by atoms with Gasteiger partial charge in [0, 0.05) is 19.3 Å². The minimum atomic E-state index is -3.74. The highest BCUT2D eigenvalue weighted by Gasteiger charge is 2.24. The number of sulfonamides is 1. The Hall–Kier alpha value is -1.64. The Labute approximate surface area is 117 Å². The van der Waals surface area contributed by atoms with E-state index in [1.165, 1.54) is 4.40 Å². The van der Waals surface area contributed by atoms with Gasteiger partial charge in [0.05, 0.1) is 6.10 Å². The van der Waals surface area contributed by atoms with Gasteiger partial charge in [-0.3, -0.25) is 4.40 Å². The van der Waals surface area contributed by atoms with Gasteiger partial charge in [0.25, 0.3) is 10.0 Å². The maximum atomic E-state index is 12.3. The van der Waals surface area contributed by atoms with Crippen LogP contribution in [-0.4, -0.2) is 37.1 Å². The molecular formula is C12H18N4O3S. The van der Waals surface area contributed by atoms with Gasteiger partial charge in [0.2, 0.25) is 0 Å². The molecule has 0 aromatic carbocycles. The van der Waals surface area contributed by atoms with E-state index in [0.29, 0.717) is 12.3 Å². The second-order valence-electron chi connectivity index (χ2n) is 4.35. The monoisotopic (exact) mass is 298 g/mol. The lowest BCUT2D eigenvalue weighted by Gasteiger charge is -2.13. The first-order valence-electron chi connectivity index (χ1n) is 6.29. The number of nitrogen functional groups attached to an aromatic ring is 1. The molecule has 0 saturated heterocycles. The molecule has 2 heterocycles. The van der Waals surface area contributed by atoms with Crippen LogP contribution in [0.4, 0.5) is 5.82 Å². The van der Waals surface area contributed by atoms with Crippen molar-refractivity contribution in [1.29, 1.82) is 0 Å². The molecular weight excluding hydrogens is 280 g/mol. The van der Waals surface area contributed by atoms with E-state index in [2.05, 4.69) is 9.71 Å². The Kier molecular flexibility index (Phi) is 4.26. The molecule has 20 heavy (non-hydrogen) atoms. The third-order valence-corrected chi connectivity index (χ3v) is 4.24. The number of nitrogens with one attached hydrogen (secondary N) is 1. The van der Waals surface area contributed by atoms with E-state index in [1.807, 2.05) is 6.92 Å². The summed E-state index contributed by atoms with van der Waals surface area (Å²) in [5.74, 6) is -0.0206. The van der Waals surface area contributed by atoms with Gasteiger partial charge in [-0.15, -0.1) is 0 Å². The minimum Gasteiger partial charge on any atom is -0.381 e. The van der Waals surface area contributed by atoms with Crippen molar-refractivity contribution in [2.24, 2.45) is 0 Å². The molecule has 110 valence electrons. The Morgan fingerprint density at radius 3 is 2.95 bits per heavy atom. The Morgan fingerprint density at radius 1 is 1.50 bits per heavy atom. The van der Waals surface area contributed by atoms with Crippen molar-refractivity contribution >= 4 is 21.5 Å². The van der Waals surface area contributed by atoms with Gasteiger partial charge in [-0.2, -0.15) is 0 Å². The van der Waals surface area contributed by atoms with Crippen molar-refractivity contribution < 1.29 is 13.2 Å². The van der Waals surface area contributed by atoms with Gasteiger partial charge in [-0.1, -0.05) is 6.07 Å². The lowest BCUT2D eigenvalue weighted by Crippen LogP contribution is -2.33. The van der Waals surface area contributed by atoms with E-state index in [9.17, 15) is 8.42 Å². The second-order valence-corrected chi connectivity index (χ2v) is 6.03. The van der Waals surface area contributed by atoms with Crippen molar-refractivity contribution in [3.8, 4) is 0 Å². The van der Waals surface area contributed by atoms with Gasteiger partial charge in [0.1, 0.15) is 5.65 Å². The molecule has 0 fully saturated rings. The van der Waals surface area contributed by atoms with E-state index in [-0.39, 0.29) is 23.5 Å². The zero-order chi connectivity index (χ0) is 14.8. The topological polar surface area (TPSA) is 98.7 Å².